The van der Waals surface area contributed by atoms with E-state index in [-0.39, 0.29) is 0 Å². The molecule has 0 radical (unpaired) electrons. The molecule has 1 rings (SSSR count). The van der Waals surface area contributed by atoms with Gasteiger partial charge in [-0.05, 0) is 25.7 Å². The third-order valence-corrected chi connectivity index (χ3v) is 2.73. The van der Waals surface area contributed by atoms with Crippen molar-refractivity contribution in [3.63, 3.8) is 0 Å². The van der Waals surface area contributed by atoms with Crippen LogP contribution in [0.3, 0.4) is 0 Å². The van der Waals surface area contributed by atoms with E-state index in [1.165, 1.54) is 25.7 Å². The summed E-state index contributed by atoms with van der Waals surface area (Å²) in [6.45, 7) is 0. The van der Waals surface area contributed by atoms with Crippen molar-refractivity contribution in [3.05, 3.63) is 0 Å². The minimum Gasteiger partial charge on any atom is -0.381 e. The van der Waals surface area contributed by atoms with E-state index in [0.717, 1.165) is 0 Å². The molecule has 1 aliphatic carbocycles. The lowest BCUT2D eigenvalue weighted by Crippen LogP contribution is -2.21. The van der Waals surface area contributed by atoms with Gasteiger partial charge >= 0.3 is 0 Å². The number of hydrogen-bond donors (Lipinski definition) is 0. The summed E-state index contributed by atoms with van der Waals surface area (Å²) in [5, 5.41) is 0. The Balaban J connectivity index is 2.23. The molecule has 0 amide bonds. The van der Waals surface area contributed by atoms with Gasteiger partial charge in [0.25, 0.3) is 0 Å². The number of alkyl halides is 1. The van der Waals surface area contributed by atoms with E-state index in [4.69, 9.17) is 4.74 Å². The Kier molecular flexibility index (Phi) is 2.99. The third kappa shape index (κ3) is 2.26. The third-order valence-electron chi connectivity index (χ3n) is 1.90. The first-order valence-electron chi connectivity index (χ1n) is 3.50. The number of methoxy groups -OCH3 is 1. The molecule has 0 spiro atoms. The summed E-state index contributed by atoms with van der Waals surface area (Å²) >= 11 is 3.59. The molecule has 2 atom stereocenters. The van der Waals surface area contributed by atoms with Gasteiger partial charge in [0.2, 0.25) is 0 Å². The zero-order chi connectivity index (χ0) is 6.69. The van der Waals surface area contributed by atoms with Crippen LogP contribution in [0.2, 0.25) is 0 Å². The maximum absolute atomic E-state index is 5.23. The van der Waals surface area contributed by atoms with Crippen LogP contribution in [0.4, 0.5) is 0 Å². The molecule has 1 aliphatic rings. The summed E-state index contributed by atoms with van der Waals surface area (Å²) in [4.78, 5) is 0.705. The van der Waals surface area contributed by atoms with Gasteiger partial charge in [-0.1, -0.05) is 15.9 Å². The van der Waals surface area contributed by atoms with Crippen LogP contribution in [-0.2, 0) is 4.74 Å². The van der Waals surface area contributed by atoms with Crippen LogP contribution in [0.1, 0.15) is 25.7 Å². The van der Waals surface area contributed by atoms with Gasteiger partial charge in [-0.15, -0.1) is 0 Å². The smallest absolute Gasteiger partial charge is 0.0582 e. The zero-order valence-electron chi connectivity index (χ0n) is 5.77. The quantitative estimate of drug-likeness (QED) is 0.580. The van der Waals surface area contributed by atoms with Crippen molar-refractivity contribution in [2.45, 2.75) is 36.6 Å². The number of ether oxygens (including phenoxy) is 1. The lowest BCUT2D eigenvalue weighted by atomic mass is 9.98. The fraction of sp³-hybridized carbons (Fsp3) is 1.00. The van der Waals surface area contributed by atoms with E-state index in [0.29, 0.717) is 10.9 Å². The molecule has 2 heteroatoms. The molecule has 0 aliphatic heterocycles. The van der Waals surface area contributed by atoms with E-state index < -0.39 is 0 Å². The molecule has 1 saturated carbocycles. The molecule has 0 saturated heterocycles. The normalized spacial score (nSPS) is 36.7. The van der Waals surface area contributed by atoms with Crippen molar-refractivity contribution >= 4 is 15.9 Å². The second-order valence-electron chi connectivity index (χ2n) is 2.62. The van der Waals surface area contributed by atoms with Gasteiger partial charge < -0.3 is 4.74 Å². The fourth-order valence-electron chi connectivity index (χ4n) is 1.30. The van der Waals surface area contributed by atoms with Gasteiger partial charge in [0.15, 0.2) is 0 Å². The topological polar surface area (TPSA) is 9.23 Å². The van der Waals surface area contributed by atoms with Crippen LogP contribution in [0, 0.1) is 0 Å². The van der Waals surface area contributed by atoms with Crippen molar-refractivity contribution in [2.75, 3.05) is 7.11 Å². The highest BCUT2D eigenvalue weighted by atomic mass is 79.9. The Morgan fingerprint density at radius 3 is 2.67 bits per heavy atom. The highest BCUT2D eigenvalue weighted by molar-refractivity contribution is 9.09. The SMILES string of the molecule is CO[C@@H]1CCC[C@@H](Br)C1. The van der Waals surface area contributed by atoms with Gasteiger partial charge in [0.1, 0.15) is 0 Å². The molecule has 1 fully saturated rings. The number of halogens is 1. The average molecular weight is 193 g/mol. The van der Waals surface area contributed by atoms with Gasteiger partial charge in [-0.25, -0.2) is 0 Å². The molecule has 0 aromatic carbocycles. The molecule has 9 heavy (non-hydrogen) atoms. The minimum absolute atomic E-state index is 0.517. The van der Waals surface area contributed by atoms with E-state index in [1.54, 1.807) is 7.11 Å². The van der Waals surface area contributed by atoms with Gasteiger partial charge in [-0.2, -0.15) is 0 Å². The monoisotopic (exact) mass is 192 g/mol. The molecule has 0 bridgehead atoms. The molecular weight excluding hydrogens is 180 g/mol. The van der Waals surface area contributed by atoms with E-state index in [2.05, 4.69) is 15.9 Å². The first-order valence-corrected chi connectivity index (χ1v) is 4.41. The van der Waals surface area contributed by atoms with E-state index in [9.17, 15) is 0 Å². The van der Waals surface area contributed by atoms with Crippen LogP contribution in [-0.4, -0.2) is 18.0 Å². The summed E-state index contributed by atoms with van der Waals surface area (Å²) < 4.78 is 5.23. The second kappa shape index (κ2) is 3.57. The summed E-state index contributed by atoms with van der Waals surface area (Å²) in [5.74, 6) is 0. The highest BCUT2D eigenvalue weighted by Crippen LogP contribution is 2.25. The summed E-state index contributed by atoms with van der Waals surface area (Å²) in [7, 11) is 1.80. The lowest BCUT2D eigenvalue weighted by molar-refractivity contribution is 0.0737. The van der Waals surface area contributed by atoms with Crippen molar-refractivity contribution in [1.29, 1.82) is 0 Å². The Bertz CT molecular complexity index is 85.0. The van der Waals surface area contributed by atoms with Crippen LogP contribution in [0.5, 0.6) is 0 Å². The van der Waals surface area contributed by atoms with Crippen LogP contribution in [0.25, 0.3) is 0 Å². The minimum atomic E-state index is 0.517. The molecule has 0 aromatic heterocycles. The fourth-order valence-corrected chi connectivity index (χ4v) is 2.04. The summed E-state index contributed by atoms with van der Waals surface area (Å²) in [6, 6.07) is 0. The second-order valence-corrected chi connectivity index (χ2v) is 3.92. The van der Waals surface area contributed by atoms with E-state index in [1.807, 2.05) is 0 Å². The largest absolute Gasteiger partial charge is 0.381 e. The first-order chi connectivity index (χ1) is 4.33. The standard InChI is InChI=1S/C7H13BrO/c1-9-7-4-2-3-6(8)5-7/h6-7H,2-5H2,1H3/t6-,7-/m1/s1. The molecular formula is C7H13BrO. The molecule has 0 unspecified atom stereocenters. The Labute approximate surface area is 64.9 Å². The van der Waals surface area contributed by atoms with Crippen molar-refractivity contribution in [1.82, 2.24) is 0 Å². The van der Waals surface area contributed by atoms with Gasteiger partial charge in [0.05, 0.1) is 6.10 Å². The van der Waals surface area contributed by atoms with Gasteiger partial charge in [0, 0.05) is 11.9 Å². The first kappa shape index (κ1) is 7.55. The zero-order valence-corrected chi connectivity index (χ0v) is 7.36. The maximum atomic E-state index is 5.23. The van der Waals surface area contributed by atoms with Crippen LogP contribution >= 0.6 is 15.9 Å². The van der Waals surface area contributed by atoms with E-state index >= 15 is 0 Å². The predicted octanol–water partition coefficient (Wildman–Crippen LogP) is 2.34. The Morgan fingerprint density at radius 1 is 1.44 bits per heavy atom. The average Bonchev–Trinajstić information content (AvgIpc) is 1.88. The maximum Gasteiger partial charge on any atom is 0.0582 e. The Hall–Kier alpha value is 0.440. The lowest BCUT2D eigenvalue weighted by Gasteiger charge is -2.23. The van der Waals surface area contributed by atoms with Crippen LogP contribution < -0.4 is 0 Å². The molecule has 1 nitrogen and oxygen atoms in total. The molecule has 0 heterocycles. The van der Waals surface area contributed by atoms with Crippen molar-refractivity contribution < 1.29 is 4.74 Å². The molecule has 0 N–H and O–H groups in total. The number of rotatable bonds is 1. The summed E-state index contributed by atoms with van der Waals surface area (Å²) in [6.07, 6.45) is 5.59. The number of hydrogen-bond acceptors (Lipinski definition) is 1. The summed E-state index contributed by atoms with van der Waals surface area (Å²) in [5.41, 5.74) is 0. The van der Waals surface area contributed by atoms with Crippen molar-refractivity contribution in [3.8, 4) is 0 Å². The highest BCUT2D eigenvalue weighted by Gasteiger charge is 2.18. The molecule has 54 valence electrons. The molecule has 0 aromatic rings. The van der Waals surface area contributed by atoms with Crippen LogP contribution in [0.15, 0.2) is 0 Å². The van der Waals surface area contributed by atoms with Crippen molar-refractivity contribution in [2.24, 2.45) is 0 Å². The Morgan fingerprint density at radius 2 is 2.22 bits per heavy atom. The predicted molar refractivity (Wildman–Crippen MR) is 42.0 cm³/mol. The van der Waals surface area contributed by atoms with Gasteiger partial charge in [-0.3, -0.25) is 0 Å².